The molecule has 0 aliphatic heterocycles. The summed E-state index contributed by atoms with van der Waals surface area (Å²) in [4.78, 5) is 4.26. The first-order valence-electron chi connectivity index (χ1n) is 4.67. The zero-order valence-electron chi connectivity index (χ0n) is 8.72. The van der Waals surface area contributed by atoms with Gasteiger partial charge in [-0.2, -0.15) is 5.10 Å². The van der Waals surface area contributed by atoms with Gasteiger partial charge in [0.05, 0.1) is 19.3 Å². The maximum absolute atomic E-state index is 5.80. The van der Waals surface area contributed by atoms with Crippen LogP contribution in [0, 0.1) is 0 Å². The maximum atomic E-state index is 5.80. The summed E-state index contributed by atoms with van der Waals surface area (Å²) in [6, 6.07) is 5.54. The van der Waals surface area contributed by atoms with Crippen molar-refractivity contribution in [1.29, 1.82) is 0 Å². The minimum atomic E-state index is 0.324. The number of nitrogens with two attached hydrogens (primary N) is 1. The summed E-state index contributed by atoms with van der Waals surface area (Å²) in [6.45, 7) is 0.508. The van der Waals surface area contributed by atoms with Gasteiger partial charge in [-0.25, -0.2) is 4.98 Å². The molecule has 6 heteroatoms. The molecule has 2 aromatic heterocycles. The van der Waals surface area contributed by atoms with Crippen LogP contribution in [0.5, 0.6) is 5.88 Å². The van der Waals surface area contributed by atoms with Crippen LogP contribution in [0.1, 0.15) is 5.69 Å². The molecule has 0 saturated heterocycles. The van der Waals surface area contributed by atoms with Crippen molar-refractivity contribution >= 4 is 17.4 Å². The molecule has 0 aliphatic carbocycles. The van der Waals surface area contributed by atoms with Crippen molar-refractivity contribution in [1.82, 2.24) is 14.8 Å². The van der Waals surface area contributed by atoms with Crippen molar-refractivity contribution in [3.8, 4) is 5.88 Å². The van der Waals surface area contributed by atoms with Gasteiger partial charge >= 0.3 is 0 Å². The lowest BCUT2D eigenvalue weighted by atomic mass is 10.3. The molecular weight excluding hydrogens is 228 g/mol. The molecule has 0 spiro atoms. The van der Waals surface area contributed by atoms with Gasteiger partial charge in [0, 0.05) is 12.3 Å². The Bertz CT molecular complexity index is 478. The van der Waals surface area contributed by atoms with E-state index in [0.29, 0.717) is 23.3 Å². The third kappa shape index (κ3) is 2.25. The second-order valence-electron chi connectivity index (χ2n) is 3.23. The van der Waals surface area contributed by atoms with Gasteiger partial charge in [0.25, 0.3) is 0 Å². The Balaban J connectivity index is 2.20. The van der Waals surface area contributed by atoms with Crippen LogP contribution in [0.3, 0.4) is 0 Å². The van der Waals surface area contributed by atoms with E-state index in [2.05, 4.69) is 10.1 Å². The molecule has 84 valence electrons. The number of nitrogens with zero attached hydrogens (tertiary/aromatic N) is 3. The van der Waals surface area contributed by atoms with E-state index in [1.807, 2.05) is 12.1 Å². The zero-order chi connectivity index (χ0) is 11.5. The van der Waals surface area contributed by atoms with Crippen LogP contribution in [-0.2, 0) is 6.54 Å². The Labute approximate surface area is 97.8 Å². The fourth-order valence-electron chi connectivity index (χ4n) is 1.32. The van der Waals surface area contributed by atoms with Gasteiger partial charge < -0.3 is 10.5 Å². The van der Waals surface area contributed by atoms with Crippen LogP contribution < -0.4 is 10.5 Å². The average Bonchev–Trinajstić information content (AvgIpc) is 2.58. The third-order valence-corrected chi connectivity index (χ3v) is 2.35. The van der Waals surface area contributed by atoms with E-state index in [1.54, 1.807) is 24.1 Å². The predicted molar refractivity (Wildman–Crippen MR) is 61.5 cm³/mol. The lowest BCUT2D eigenvalue weighted by molar-refractivity contribution is 0.395. The van der Waals surface area contributed by atoms with E-state index in [9.17, 15) is 0 Å². The van der Waals surface area contributed by atoms with Gasteiger partial charge in [0.15, 0.2) is 5.82 Å². The van der Waals surface area contributed by atoms with Crippen LogP contribution in [0.15, 0.2) is 24.4 Å². The minimum absolute atomic E-state index is 0.324. The van der Waals surface area contributed by atoms with Crippen molar-refractivity contribution in [2.45, 2.75) is 6.54 Å². The molecule has 0 saturated carbocycles. The number of halogens is 1. The first-order valence-corrected chi connectivity index (χ1v) is 5.05. The molecule has 5 nitrogen and oxygen atoms in total. The fraction of sp³-hybridized carbons (Fsp3) is 0.200. The largest absolute Gasteiger partial charge is 0.481 e. The summed E-state index contributed by atoms with van der Waals surface area (Å²) >= 11 is 5.80. The zero-order valence-corrected chi connectivity index (χ0v) is 9.48. The van der Waals surface area contributed by atoms with Crippen LogP contribution in [0.4, 0.5) is 5.82 Å². The first kappa shape index (κ1) is 10.8. The predicted octanol–water partition coefficient (Wildman–Crippen LogP) is 1.57. The normalized spacial score (nSPS) is 10.4. The second-order valence-corrected chi connectivity index (χ2v) is 3.64. The van der Waals surface area contributed by atoms with Gasteiger partial charge in [-0.05, 0) is 6.07 Å². The number of methoxy groups -OCH3 is 1. The van der Waals surface area contributed by atoms with Crippen LogP contribution in [0.25, 0.3) is 0 Å². The van der Waals surface area contributed by atoms with E-state index >= 15 is 0 Å². The first-order chi connectivity index (χ1) is 7.69. The topological polar surface area (TPSA) is 66.0 Å². The van der Waals surface area contributed by atoms with Crippen molar-refractivity contribution in [3.05, 3.63) is 35.1 Å². The number of rotatable bonds is 3. The Morgan fingerprint density at radius 3 is 2.94 bits per heavy atom. The number of ether oxygens (including phenoxy) is 1. The molecule has 0 aromatic carbocycles. The Hall–Kier alpha value is -1.75. The number of hydrogen-bond donors (Lipinski definition) is 1. The molecule has 0 amide bonds. The molecule has 2 aromatic rings. The SMILES string of the molecule is COc1cccc(Cn2cc(Cl)c(N)n2)n1. The summed E-state index contributed by atoms with van der Waals surface area (Å²) < 4.78 is 6.67. The van der Waals surface area contributed by atoms with Crippen molar-refractivity contribution in [2.24, 2.45) is 0 Å². The van der Waals surface area contributed by atoms with Gasteiger partial charge in [-0.1, -0.05) is 17.7 Å². The smallest absolute Gasteiger partial charge is 0.213 e. The van der Waals surface area contributed by atoms with Crippen LogP contribution >= 0.6 is 11.6 Å². The van der Waals surface area contributed by atoms with E-state index in [4.69, 9.17) is 22.1 Å². The second kappa shape index (κ2) is 4.40. The van der Waals surface area contributed by atoms with Crippen LogP contribution in [-0.4, -0.2) is 21.9 Å². The van der Waals surface area contributed by atoms with E-state index in [-0.39, 0.29) is 0 Å². The Kier molecular flexibility index (Phi) is 2.96. The molecular formula is C10H11ClN4O. The quantitative estimate of drug-likeness (QED) is 0.882. The Morgan fingerprint density at radius 1 is 1.50 bits per heavy atom. The summed E-state index contributed by atoms with van der Waals surface area (Å²) in [6.07, 6.45) is 1.66. The molecule has 0 radical (unpaired) electrons. The number of nitrogen functional groups attached to an aromatic ring is 1. The molecule has 0 bridgehead atoms. The van der Waals surface area contributed by atoms with E-state index in [1.165, 1.54) is 0 Å². The molecule has 16 heavy (non-hydrogen) atoms. The van der Waals surface area contributed by atoms with Crippen LogP contribution in [0.2, 0.25) is 5.02 Å². The van der Waals surface area contributed by atoms with Gasteiger partial charge in [0.2, 0.25) is 5.88 Å². The lowest BCUT2D eigenvalue weighted by Crippen LogP contribution is -2.03. The highest BCUT2D eigenvalue weighted by atomic mass is 35.5. The molecule has 0 aliphatic rings. The Morgan fingerprint density at radius 2 is 2.31 bits per heavy atom. The van der Waals surface area contributed by atoms with Crippen molar-refractivity contribution in [3.63, 3.8) is 0 Å². The van der Waals surface area contributed by atoms with Gasteiger partial charge in [0.1, 0.15) is 5.02 Å². The van der Waals surface area contributed by atoms with Crippen molar-refractivity contribution in [2.75, 3.05) is 12.8 Å². The lowest BCUT2D eigenvalue weighted by Gasteiger charge is -2.03. The fourth-order valence-corrected chi connectivity index (χ4v) is 1.47. The summed E-state index contributed by atoms with van der Waals surface area (Å²) in [5.41, 5.74) is 6.37. The minimum Gasteiger partial charge on any atom is -0.481 e. The third-order valence-electron chi connectivity index (χ3n) is 2.06. The summed E-state index contributed by atoms with van der Waals surface area (Å²) in [5, 5.41) is 4.49. The molecule has 2 N–H and O–H groups in total. The molecule has 2 rings (SSSR count). The maximum Gasteiger partial charge on any atom is 0.213 e. The summed E-state index contributed by atoms with van der Waals surface area (Å²) in [7, 11) is 1.58. The van der Waals surface area contributed by atoms with E-state index in [0.717, 1.165) is 5.69 Å². The molecule has 0 unspecified atom stereocenters. The molecule has 0 atom stereocenters. The molecule has 2 heterocycles. The standard InChI is InChI=1S/C10H11ClN4O/c1-16-9-4-2-3-7(13-9)5-15-6-8(11)10(12)14-15/h2-4,6H,5H2,1H3,(H2,12,14). The summed E-state index contributed by atoms with van der Waals surface area (Å²) in [5.74, 6) is 0.897. The highest BCUT2D eigenvalue weighted by Crippen LogP contribution is 2.16. The number of aromatic nitrogens is 3. The average molecular weight is 239 g/mol. The van der Waals surface area contributed by atoms with Crippen molar-refractivity contribution < 1.29 is 4.74 Å². The number of anilines is 1. The molecule has 0 fully saturated rings. The van der Waals surface area contributed by atoms with E-state index < -0.39 is 0 Å². The number of hydrogen-bond acceptors (Lipinski definition) is 4. The highest BCUT2D eigenvalue weighted by Gasteiger charge is 2.04. The van der Waals surface area contributed by atoms with Gasteiger partial charge in [-0.3, -0.25) is 4.68 Å². The monoisotopic (exact) mass is 238 g/mol. The van der Waals surface area contributed by atoms with Gasteiger partial charge in [-0.15, -0.1) is 0 Å². The number of pyridine rings is 1. The highest BCUT2D eigenvalue weighted by molar-refractivity contribution is 6.32.